The lowest BCUT2D eigenvalue weighted by molar-refractivity contribution is 0.183. The highest BCUT2D eigenvalue weighted by atomic mass is 15.2. The first-order chi connectivity index (χ1) is 8.42. The van der Waals surface area contributed by atoms with Crippen molar-refractivity contribution in [3.8, 4) is 0 Å². The van der Waals surface area contributed by atoms with Gasteiger partial charge in [-0.1, -0.05) is 19.3 Å². The molecule has 2 N–H and O–H groups in total. The molecule has 1 atom stereocenters. The molecule has 1 aromatic heterocycles. The summed E-state index contributed by atoms with van der Waals surface area (Å²) >= 11 is 0. The van der Waals surface area contributed by atoms with E-state index in [1.54, 1.807) is 0 Å². The average Bonchev–Trinajstić information content (AvgIpc) is 2.34. The monoisotopic (exact) mass is 233 g/mol. The summed E-state index contributed by atoms with van der Waals surface area (Å²) in [5, 5.41) is 0. The van der Waals surface area contributed by atoms with Gasteiger partial charge in [-0.3, -0.25) is 9.88 Å². The third kappa shape index (κ3) is 3.51. The molecule has 0 radical (unpaired) electrons. The van der Waals surface area contributed by atoms with E-state index in [1.807, 2.05) is 12.4 Å². The second kappa shape index (κ2) is 6.72. The molecule has 0 spiro atoms. The van der Waals surface area contributed by atoms with Crippen LogP contribution < -0.4 is 5.73 Å². The van der Waals surface area contributed by atoms with E-state index in [9.17, 15) is 0 Å². The van der Waals surface area contributed by atoms with E-state index in [1.165, 1.54) is 50.8 Å². The van der Waals surface area contributed by atoms with Gasteiger partial charge >= 0.3 is 0 Å². The Morgan fingerprint density at radius 1 is 1.06 bits per heavy atom. The summed E-state index contributed by atoms with van der Waals surface area (Å²) in [6.45, 7) is 3.07. The molecule has 2 heterocycles. The van der Waals surface area contributed by atoms with Crippen LogP contribution in [0.2, 0.25) is 0 Å². The van der Waals surface area contributed by atoms with Crippen LogP contribution in [0.25, 0.3) is 0 Å². The molecule has 94 valence electrons. The number of hydrogen-bond acceptors (Lipinski definition) is 3. The van der Waals surface area contributed by atoms with Crippen molar-refractivity contribution in [3.05, 3.63) is 30.1 Å². The molecular formula is C14H23N3. The van der Waals surface area contributed by atoms with E-state index in [-0.39, 0.29) is 0 Å². The number of nitrogens with zero attached hydrogens (tertiary/aromatic N) is 2. The highest BCUT2D eigenvalue weighted by molar-refractivity contribution is 5.15. The Balaban J connectivity index is 2.05. The Hall–Kier alpha value is -0.930. The maximum atomic E-state index is 5.96. The van der Waals surface area contributed by atoms with Crippen LogP contribution in [0.1, 0.15) is 43.7 Å². The average molecular weight is 233 g/mol. The molecule has 0 saturated carbocycles. The van der Waals surface area contributed by atoms with Crippen molar-refractivity contribution in [1.29, 1.82) is 0 Å². The van der Waals surface area contributed by atoms with Crippen molar-refractivity contribution >= 4 is 0 Å². The van der Waals surface area contributed by atoms with Gasteiger partial charge in [-0.15, -0.1) is 0 Å². The number of likely N-dealkylation sites (tertiary alicyclic amines) is 1. The lowest BCUT2D eigenvalue weighted by atomic mass is 10.0. The van der Waals surface area contributed by atoms with E-state index in [0.717, 1.165) is 0 Å². The van der Waals surface area contributed by atoms with Gasteiger partial charge in [0.25, 0.3) is 0 Å². The van der Waals surface area contributed by atoms with Crippen molar-refractivity contribution in [2.75, 3.05) is 19.6 Å². The smallest absolute Gasteiger partial charge is 0.0471 e. The minimum absolute atomic E-state index is 0.371. The van der Waals surface area contributed by atoms with Crippen LogP contribution in [0, 0.1) is 0 Å². The third-order valence-corrected chi connectivity index (χ3v) is 3.65. The lowest BCUT2D eigenvalue weighted by Crippen LogP contribution is -2.36. The summed E-state index contributed by atoms with van der Waals surface area (Å²) in [6, 6.07) is 4.56. The number of pyridine rings is 1. The van der Waals surface area contributed by atoms with Gasteiger partial charge in [0.15, 0.2) is 0 Å². The van der Waals surface area contributed by atoms with Crippen LogP contribution >= 0.6 is 0 Å². The maximum absolute atomic E-state index is 5.96. The van der Waals surface area contributed by atoms with Crippen molar-refractivity contribution < 1.29 is 0 Å². The topological polar surface area (TPSA) is 42.1 Å². The molecule has 1 unspecified atom stereocenters. The second-order valence-corrected chi connectivity index (χ2v) is 4.84. The number of aromatic nitrogens is 1. The summed E-state index contributed by atoms with van der Waals surface area (Å²) in [4.78, 5) is 6.63. The number of hydrogen-bond donors (Lipinski definition) is 1. The van der Waals surface area contributed by atoms with Crippen LogP contribution in [-0.4, -0.2) is 29.5 Å². The molecular weight excluding hydrogens is 210 g/mol. The fourth-order valence-corrected chi connectivity index (χ4v) is 2.67. The third-order valence-electron chi connectivity index (χ3n) is 3.65. The number of nitrogens with two attached hydrogens (primary N) is 1. The van der Waals surface area contributed by atoms with Gasteiger partial charge in [-0.05, 0) is 43.6 Å². The van der Waals surface area contributed by atoms with Crippen LogP contribution in [0.4, 0.5) is 0 Å². The van der Waals surface area contributed by atoms with Crippen molar-refractivity contribution in [2.24, 2.45) is 5.73 Å². The van der Waals surface area contributed by atoms with E-state index >= 15 is 0 Å². The minimum Gasteiger partial charge on any atom is -0.329 e. The molecule has 1 aliphatic rings. The Kier molecular flexibility index (Phi) is 4.95. The molecule has 3 nitrogen and oxygen atoms in total. The molecule has 1 saturated heterocycles. The molecule has 1 aliphatic heterocycles. The first-order valence-corrected chi connectivity index (χ1v) is 6.76. The summed E-state index contributed by atoms with van der Waals surface area (Å²) < 4.78 is 0. The largest absolute Gasteiger partial charge is 0.329 e. The first-order valence-electron chi connectivity index (χ1n) is 6.76. The molecule has 0 amide bonds. The maximum Gasteiger partial charge on any atom is 0.0471 e. The first kappa shape index (κ1) is 12.5. The van der Waals surface area contributed by atoms with E-state index in [4.69, 9.17) is 5.73 Å². The van der Waals surface area contributed by atoms with Crippen LogP contribution in [0.15, 0.2) is 24.5 Å². The van der Waals surface area contributed by atoms with Gasteiger partial charge in [0.05, 0.1) is 0 Å². The SMILES string of the molecule is NCC(c1ccncc1)N1CCCCCCC1. The van der Waals surface area contributed by atoms with E-state index in [0.29, 0.717) is 12.6 Å². The zero-order chi connectivity index (χ0) is 11.9. The molecule has 2 rings (SSSR count). The zero-order valence-electron chi connectivity index (χ0n) is 10.5. The Bertz CT molecular complexity index is 305. The summed E-state index contributed by atoms with van der Waals surface area (Å²) in [5.74, 6) is 0. The summed E-state index contributed by atoms with van der Waals surface area (Å²) in [6.07, 6.45) is 10.5. The van der Waals surface area contributed by atoms with Crippen molar-refractivity contribution in [2.45, 2.75) is 38.1 Å². The minimum atomic E-state index is 0.371. The molecule has 1 aromatic rings. The molecule has 0 aromatic carbocycles. The van der Waals surface area contributed by atoms with Gasteiger partial charge in [-0.2, -0.15) is 0 Å². The normalized spacial score (nSPS) is 20.5. The standard InChI is InChI=1S/C14H23N3/c15-12-14(13-6-8-16-9-7-13)17-10-4-2-1-3-5-11-17/h6-9,14H,1-5,10-12,15H2. The quantitative estimate of drug-likeness (QED) is 0.871. The molecule has 0 bridgehead atoms. The molecule has 1 fully saturated rings. The number of rotatable bonds is 3. The predicted molar refractivity (Wildman–Crippen MR) is 70.7 cm³/mol. The van der Waals surface area contributed by atoms with Gasteiger partial charge in [-0.25, -0.2) is 0 Å². The van der Waals surface area contributed by atoms with E-state index in [2.05, 4.69) is 22.0 Å². The van der Waals surface area contributed by atoms with Gasteiger partial charge in [0, 0.05) is 25.0 Å². The molecule has 0 aliphatic carbocycles. The highest BCUT2D eigenvalue weighted by Crippen LogP contribution is 2.22. The predicted octanol–water partition coefficient (Wildman–Crippen LogP) is 2.35. The Morgan fingerprint density at radius 3 is 2.24 bits per heavy atom. The fraction of sp³-hybridized carbons (Fsp3) is 0.643. The highest BCUT2D eigenvalue weighted by Gasteiger charge is 2.19. The van der Waals surface area contributed by atoms with Gasteiger partial charge in [0.1, 0.15) is 0 Å². The van der Waals surface area contributed by atoms with Crippen molar-refractivity contribution in [3.63, 3.8) is 0 Å². The van der Waals surface area contributed by atoms with Gasteiger partial charge < -0.3 is 5.73 Å². The summed E-state index contributed by atoms with van der Waals surface area (Å²) in [7, 11) is 0. The van der Waals surface area contributed by atoms with E-state index < -0.39 is 0 Å². The van der Waals surface area contributed by atoms with Gasteiger partial charge in [0.2, 0.25) is 0 Å². The molecule has 3 heteroatoms. The molecule has 17 heavy (non-hydrogen) atoms. The van der Waals surface area contributed by atoms with Crippen LogP contribution in [-0.2, 0) is 0 Å². The zero-order valence-corrected chi connectivity index (χ0v) is 10.5. The second-order valence-electron chi connectivity index (χ2n) is 4.84. The lowest BCUT2D eigenvalue weighted by Gasteiger charge is -2.32. The van der Waals surface area contributed by atoms with Crippen LogP contribution in [0.3, 0.4) is 0 Å². The fourth-order valence-electron chi connectivity index (χ4n) is 2.67. The Morgan fingerprint density at radius 2 is 1.65 bits per heavy atom. The van der Waals surface area contributed by atoms with Crippen LogP contribution in [0.5, 0.6) is 0 Å². The van der Waals surface area contributed by atoms with Crippen molar-refractivity contribution in [1.82, 2.24) is 9.88 Å². The summed E-state index contributed by atoms with van der Waals surface area (Å²) in [5.41, 5.74) is 7.27. The Labute approximate surface area is 104 Å².